The normalized spacial score (nSPS) is 10.6. The SMILES string of the molecule is COc1cccc(Nc2c(C(N)=O)cnc3ccc(C(=O)NCc4ccc(Cl)cn4)cc23)c1. The molecule has 0 fully saturated rings. The van der Waals surface area contributed by atoms with Crippen LogP contribution in [0.3, 0.4) is 0 Å². The zero-order valence-corrected chi connectivity index (χ0v) is 18.4. The van der Waals surface area contributed by atoms with Crippen molar-refractivity contribution < 1.29 is 14.3 Å². The number of nitrogens with one attached hydrogen (secondary N) is 2. The molecule has 2 aromatic carbocycles. The molecule has 4 aromatic rings. The molecule has 0 aliphatic rings. The van der Waals surface area contributed by atoms with Crippen molar-refractivity contribution in [2.24, 2.45) is 5.73 Å². The summed E-state index contributed by atoms with van der Waals surface area (Å²) in [5.41, 5.74) is 8.61. The summed E-state index contributed by atoms with van der Waals surface area (Å²) in [7, 11) is 1.57. The minimum Gasteiger partial charge on any atom is -0.497 e. The van der Waals surface area contributed by atoms with Gasteiger partial charge in [-0.2, -0.15) is 0 Å². The van der Waals surface area contributed by atoms with Gasteiger partial charge in [0, 0.05) is 35.1 Å². The maximum absolute atomic E-state index is 12.8. The second kappa shape index (κ2) is 9.54. The van der Waals surface area contributed by atoms with Gasteiger partial charge in [-0.1, -0.05) is 17.7 Å². The first-order valence-corrected chi connectivity index (χ1v) is 10.3. The molecular weight excluding hydrogens is 442 g/mol. The van der Waals surface area contributed by atoms with Crippen molar-refractivity contribution in [3.8, 4) is 5.75 Å². The van der Waals surface area contributed by atoms with Crippen LogP contribution >= 0.6 is 11.6 Å². The lowest BCUT2D eigenvalue weighted by atomic mass is 10.0. The first-order chi connectivity index (χ1) is 15.9. The number of anilines is 2. The van der Waals surface area contributed by atoms with Gasteiger partial charge in [-0.25, -0.2) is 0 Å². The number of fused-ring (bicyclic) bond motifs is 1. The Kier molecular flexibility index (Phi) is 6.37. The van der Waals surface area contributed by atoms with Crippen LogP contribution in [-0.2, 0) is 6.54 Å². The van der Waals surface area contributed by atoms with Crippen LogP contribution in [0.1, 0.15) is 26.4 Å². The number of halogens is 1. The lowest BCUT2D eigenvalue weighted by Crippen LogP contribution is -2.23. The summed E-state index contributed by atoms with van der Waals surface area (Å²) in [6, 6.07) is 15.7. The second-order valence-electron chi connectivity index (χ2n) is 7.15. The third kappa shape index (κ3) is 5.02. The van der Waals surface area contributed by atoms with Crippen molar-refractivity contribution >= 4 is 45.7 Å². The van der Waals surface area contributed by atoms with Crippen LogP contribution in [0, 0.1) is 0 Å². The Hall–Kier alpha value is -4.17. The first-order valence-electron chi connectivity index (χ1n) is 9.97. The van der Waals surface area contributed by atoms with Crippen molar-refractivity contribution in [3.63, 3.8) is 0 Å². The number of nitrogens with two attached hydrogens (primary N) is 1. The van der Waals surface area contributed by atoms with Crippen molar-refractivity contribution in [1.29, 1.82) is 0 Å². The van der Waals surface area contributed by atoms with Crippen molar-refractivity contribution in [2.75, 3.05) is 12.4 Å². The summed E-state index contributed by atoms with van der Waals surface area (Å²) in [6.45, 7) is 0.239. The molecular formula is C24H20ClN5O3. The molecule has 166 valence electrons. The van der Waals surface area contributed by atoms with Gasteiger partial charge < -0.3 is 21.1 Å². The van der Waals surface area contributed by atoms with E-state index in [0.717, 1.165) is 0 Å². The molecule has 0 spiro atoms. The number of hydrogen-bond acceptors (Lipinski definition) is 6. The Morgan fingerprint density at radius 1 is 1.06 bits per heavy atom. The molecule has 4 rings (SSSR count). The Morgan fingerprint density at radius 3 is 2.64 bits per heavy atom. The number of benzene rings is 2. The maximum atomic E-state index is 12.8. The van der Waals surface area contributed by atoms with E-state index in [1.807, 2.05) is 18.2 Å². The van der Waals surface area contributed by atoms with Crippen LogP contribution in [0.4, 0.5) is 11.4 Å². The number of hydrogen-bond donors (Lipinski definition) is 3. The Labute approximate surface area is 194 Å². The van der Waals surface area contributed by atoms with E-state index in [1.165, 1.54) is 12.4 Å². The molecule has 2 heterocycles. The molecule has 2 amide bonds. The highest BCUT2D eigenvalue weighted by Gasteiger charge is 2.16. The van der Waals surface area contributed by atoms with Gasteiger partial charge in [-0.15, -0.1) is 0 Å². The van der Waals surface area contributed by atoms with Crippen LogP contribution in [0.15, 0.2) is 67.0 Å². The van der Waals surface area contributed by atoms with E-state index in [4.69, 9.17) is 22.1 Å². The standard InChI is InChI=1S/C24H20ClN5O3/c1-33-18-4-2-3-16(10-18)30-22-19-9-14(5-8-21(19)28-13-20(22)23(26)31)24(32)29-12-17-7-6-15(25)11-27-17/h2-11,13H,12H2,1H3,(H2,26,31)(H,28,30)(H,29,32). The lowest BCUT2D eigenvalue weighted by Gasteiger charge is -2.15. The number of methoxy groups -OCH3 is 1. The molecule has 33 heavy (non-hydrogen) atoms. The van der Waals surface area contributed by atoms with Gasteiger partial charge in [0.2, 0.25) is 0 Å². The molecule has 0 saturated heterocycles. The fourth-order valence-corrected chi connectivity index (χ4v) is 3.40. The Morgan fingerprint density at radius 2 is 1.91 bits per heavy atom. The van der Waals surface area contributed by atoms with Gasteiger partial charge in [0.15, 0.2) is 0 Å². The largest absolute Gasteiger partial charge is 0.497 e. The highest BCUT2D eigenvalue weighted by Crippen LogP contribution is 2.31. The highest BCUT2D eigenvalue weighted by molar-refractivity contribution is 6.30. The number of pyridine rings is 2. The topological polar surface area (TPSA) is 119 Å². The molecule has 0 radical (unpaired) electrons. The fourth-order valence-electron chi connectivity index (χ4n) is 3.28. The summed E-state index contributed by atoms with van der Waals surface area (Å²) < 4.78 is 5.27. The number of aromatic nitrogens is 2. The molecule has 0 aliphatic heterocycles. The molecule has 0 aliphatic carbocycles. The van der Waals surface area contributed by atoms with Crippen LogP contribution in [0.5, 0.6) is 5.75 Å². The van der Waals surface area contributed by atoms with Gasteiger partial charge in [0.1, 0.15) is 5.75 Å². The summed E-state index contributed by atoms with van der Waals surface area (Å²) in [6.07, 6.45) is 2.94. The van der Waals surface area contributed by atoms with Crippen LogP contribution < -0.4 is 21.1 Å². The van der Waals surface area contributed by atoms with E-state index in [0.29, 0.717) is 44.3 Å². The van der Waals surface area contributed by atoms with E-state index >= 15 is 0 Å². The molecule has 8 nitrogen and oxygen atoms in total. The van der Waals surface area contributed by atoms with Gasteiger partial charge in [-0.05, 0) is 42.5 Å². The van der Waals surface area contributed by atoms with E-state index in [2.05, 4.69) is 20.6 Å². The third-order valence-corrected chi connectivity index (χ3v) is 5.18. The smallest absolute Gasteiger partial charge is 0.252 e. The van der Waals surface area contributed by atoms with Gasteiger partial charge in [0.05, 0.1) is 41.1 Å². The zero-order chi connectivity index (χ0) is 23.4. The van der Waals surface area contributed by atoms with Gasteiger partial charge >= 0.3 is 0 Å². The number of ether oxygens (including phenoxy) is 1. The molecule has 0 bridgehead atoms. The number of rotatable bonds is 7. The number of amides is 2. The number of primary amides is 1. The van der Waals surface area contributed by atoms with E-state index < -0.39 is 5.91 Å². The van der Waals surface area contributed by atoms with E-state index in [9.17, 15) is 9.59 Å². The highest BCUT2D eigenvalue weighted by atomic mass is 35.5. The number of nitrogens with zero attached hydrogens (tertiary/aromatic N) is 2. The predicted molar refractivity (Wildman–Crippen MR) is 127 cm³/mol. The van der Waals surface area contributed by atoms with Crippen LogP contribution in [0.2, 0.25) is 5.02 Å². The lowest BCUT2D eigenvalue weighted by molar-refractivity contribution is 0.0949. The maximum Gasteiger partial charge on any atom is 0.252 e. The van der Waals surface area contributed by atoms with Crippen molar-refractivity contribution in [2.45, 2.75) is 6.54 Å². The van der Waals surface area contributed by atoms with Crippen LogP contribution in [-0.4, -0.2) is 28.9 Å². The van der Waals surface area contributed by atoms with Gasteiger partial charge in [-0.3, -0.25) is 19.6 Å². The molecule has 2 aromatic heterocycles. The molecule has 9 heteroatoms. The molecule has 4 N–H and O–H groups in total. The van der Waals surface area contributed by atoms with E-state index in [1.54, 1.807) is 43.5 Å². The Bertz CT molecular complexity index is 1340. The minimum absolute atomic E-state index is 0.202. The predicted octanol–water partition coefficient (Wildman–Crippen LogP) is 4.06. The molecule has 0 unspecified atom stereocenters. The molecule has 0 atom stereocenters. The Balaban J connectivity index is 1.68. The summed E-state index contributed by atoms with van der Waals surface area (Å²) >= 11 is 5.85. The average molecular weight is 462 g/mol. The number of carbonyl (C=O) groups is 2. The minimum atomic E-state index is -0.640. The number of carbonyl (C=O) groups excluding carboxylic acids is 2. The second-order valence-corrected chi connectivity index (χ2v) is 7.59. The van der Waals surface area contributed by atoms with Crippen LogP contribution in [0.25, 0.3) is 10.9 Å². The third-order valence-electron chi connectivity index (χ3n) is 4.95. The summed E-state index contributed by atoms with van der Waals surface area (Å²) in [4.78, 5) is 33.4. The van der Waals surface area contributed by atoms with E-state index in [-0.39, 0.29) is 18.0 Å². The monoisotopic (exact) mass is 461 g/mol. The summed E-state index contributed by atoms with van der Waals surface area (Å²) in [5.74, 6) is -0.293. The van der Waals surface area contributed by atoms with Crippen molar-refractivity contribution in [1.82, 2.24) is 15.3 Å². The quantitative estimate of drug-likeness (QED) is 0.381. The molecule has 0 saturated carbocycles. The zero-order valence-electron chi connectivity index (χ0n) is 17.6. The first kappa shape index (κ1) is 22.0. The average Bonchev–Trinajstić information content (AvgIpc) is 2.83. The fraction of sp³-hybridized carbons (Fsp3) is 0.0833. The van der Waals surface area contributed by atoms with Crippen molar-refractivity contribution in [3.05, 3.63) is 88.8 Å². The van der Waals surface area contributed by atoms with Gasteiger partial charge in [0.25, 0.3) is 11.8 Å². The summed E-state index contributed by atoms with van der Waals surface area (Å²) in [5, 5.41) is 7.15.